The van der Waals surface area contributed by atoms with Gasteiger partial charge in [0.15, 0.2) is 0 Å². The van der Waals surface area contributed by atoms with Crippen LogP contribution in [0.2, 0.25) is 0 Å². The minimum atomic E-state index is -1.33. The number of benzene rings is 2. The van der Waals surface area contributed by atoms with E-state index in [1.165, 1.54) is 4.90 Å². The lowest BCUT2D eigenvalue weighted by Crippen LogP contribution is -2.50. The first-order valence-electron chi connectivity index (χ1n) is 17.7. The second kappa shape index (κ2) is 36.9. The third-order valence-electron chi connectivity index (χ3n) is 7.67. The van der Waals surface area contributed by atoms with Gasteiger partial charge in [-0.3, -0.25) is 43.5 Å². The van der Waals surface area contributed by atoms with Crippen molar-refractivity contribution in [1.29, 1.82) is 0 Å². The van der Waals surface area contributed by atoms with Crippen LogP contribution in [-0.4, -0.2) is 185 Å². The molecule has 59 heavy (non-hydrogen) atoms. The second-order valence-electron chi connectivity index (χ2n) is 12.3. The topological polar surface area (TPSA) is 302 Å². The van der Waals surface area contributed by atoms with E-state index in [9.17, 15) is 44.1 Å². The van der Waals surface area contributed by atoms with Gasteiger partial charge < -0.3 is 56.5 Å². The van der Waals surface area contributed by atoms with Crippen molar-refractivity contribution >= 4 is 97.0 Å². The maximum atomic E-state index is 11.9. The normalized spacial score (nSPS) is 11.6. The van der Waals surface area contributed by atoms with E-state index in [1.54, 1.807) is 24.3 Å². The van der Waals surface area contributed by atoms with Gasteiger partial charge in [0.25, 0.3) is 0 Å². The molecule has 0 aliphatic rings. The zero-order valence-electron chi connectivity index (χ0n) is 32.3. The van der Waals surface area contributed by atoms with Crippen molar-refractivity contribution in [1.82, 2.24) is 25.3 Å². The van der Waals surface area contributed by atoms with Crippen LogP contribution in [0.5, 0.6) is 0 Å². The minimum Gasteiger partial charge on any atom is -0.480 e. The van der Waals surface area contributed by atoms with E-state index in [0.29, 0.717) is 26.2 Å². The van der Waals surface area contributed by atoms with Crippen LogP contribution in [0, 0.1) is 0 Å². The van der Waals surface area contributed by atoms with Crippen LogP contribution in [0.3, 0.4) is 0 Å². The summed E-state index contributed by atoms with van der Waals surface area (Å²) in [6.07, 6.45) is 0. The number of nitrogens with two attached hydrogens (primary N) is 1. The summed E-state index contributed by atoms with van der Waals surface area (Å²) in [5.41, 5.74) is 7.17. The molecular formula is C36H55I3N6O14. The van der Waals surface area contributed by atoms with Gasteiger partial charge >= 0.3 is 35.8 Å². The Bertz CT molecular complexity index is 1460. The largest absolute Gasteiger partial charge is 0.480 e. The number of carbonyl (C=O) groups is 6. The number of nitrogens with one attached hydrogen (secondary N) is 2. The Hall–Kier alpha value is -2.87. The number of carboxylic acid groups (broad SMARTS) is 6. The zero-order valence-corrected chi connectivity index (χ0v) is 38.9. The summed E-state index contributed by atoms with van der Waals surface area (Å²) in [5, 5.41) is 61.2. The predicted molar refractivity (Wildman–Crippen MR) is 243 cm³/mol. The molecular weight excluding hydrogens is 1120 g/mol. The molecule has 10 N–H and O–H groups in total. The van der Waals surface area contributed by atoms with Gasteiger partial charge in [-0.1, -0.05) is 60.7 Å². The van der Waals surface area contributed by atoms with Gasteiger partial charge in [0.05, 0.1) is 52.6 Å². The van der Waals surface area contributed by atoms with Gasteiger partial charge in [0.2, 0.25) is 0 Å². The van der Waals surface area contributed by atoms with Gasteiger partial charge in [0.1, 0.15) is 12.1 Å². The molecule has 2 atom stereocenters. The second-order valence-corrected chi connectivity index (χ2v) is 12.3. The van der Waals surface area contributed by atoms with E-state index in [0.717, 1.165) is 27.5 Å². The molecule has 2 aromatic rings. The van der Waals surface area contributed by atoms with Crippen LogP contribution < -0.4 is 16.4 Å². The lowest BCUT2D eigenvalue weighted by atomic mass is 10.2. The van der Waals surface area contributed by atoms with Crippen LogP contribution in [-0.2, 0) is 51.5 Å². The number of hydrogen-bond donors (Lipinski definition) is 9. The van der Waals surface area contributed by atoms with Crippen molar-refractivity contribution in [2.45, 2.75) is 25.3 Å². The highest BCUT2D eigenvalue weighted by Crippen LogP contribution is 2.07. The summed E-state index contributed by atoms with van der Waals surface area (Å²) in [5.74, 6) is -7.24. The van der Waals surface area contributed by atoms with Crippen molar-refractivity contribution in [3.63, 3.8) is 0 Å². The summed E-state index contributed by atoms with van der Waals surface area (Å²) in [6, 6.07) is 16.6. The standard InChI is InChI=1S/C22H31N3O11.C14H23N3O3.I2.HI/c26-18(27)10-23(6-7-24(11-19(28)29)12-20(30)31)8-9-25(13-21(32)33)17(22(34)35)15-36-14-16-4-2-1-3-5-16;15-6-7-16-8-9-17-13(14(18)19)11-20-10-12-4-2-1-3-5-12;1-2;/h1-5,17H,6-15H2,(H,26,27)(H,28,29)(H,30,31)(H,32,33)(H,34,35);1-5,13,16-17H,6-11,15H2,(H,18,19);;1H. The molecule has 0 fully saturated rings. The van der Waals surface area contributed by atoms with Crippen molar-refractivity contribution in [2.24, 2.45) is 5.73 Å². The molecule has 2 aromatic carbocycles. The summed E-state index contributed by atoms with van der Waals surface area (Å²) in [6.45, 7) is 0.241. The first kappa shape index (κ1) is 58.2. The molecule has 0 bridgehead atoms. The molecule has 2 rings (SSSR count). The quantitative estimate of drug-likeness (QED) is 0.0377. The van der Waals surface area contributed by atoms with Crippen molar-refractivity contribution < 1.29 is 68.9 Å². The Balaban J connectivity index is 0. The first-order chi connectivity index (χ1) is 27.7. The highest BCUT2D eigenvalue weighted by Gasteiger charge is 2.28. The van der Waals surface area contributed by atoms with Gasteiger partial charge in [0, 0.05) is 89.6 Å². The Morgan fingerprint density at radius 1 is 0.593 bits per heavy atom. The number of aliphatic carboxylic acids is 6. The molecule has 20 nitrogen and oxygen atoms in total. The molecule has 0 aromatic heterocycles. The zero-order chi connectivity index (χ0) is 43.7. The van der Waals surface area contributed by atoms with E-state index in [-0.39, 0.29) is 70.0 Å². The van der Waals surface area contributed by atoms with Crippen molar-refractivity contribution in [3.05, 3.63) is 71.8 Å². The first-order valence-corrected chi connectivity index (χ1v) is 24.0. The predicted octanol–water partition coefficient (Wildman–Crippen LogP) is 1.08. The van der Waals surface area contributed by atoms with Gasteiger partial charge in [-0.05, 0) is 11.1 Å². The third kappa shape index (κ3) is 31.6. The van der Waals surface area contributed by atoms with E-state index in [4.69, 9.17) is 30.5 Å². The maximum Gasteiger partial charge on any atom is 0.323 e. The lowest BCUT2D eigenvalue weighted by molar-refractivity contribution is -0.150. The number of halogens is 3. The molecule has 0 radical (unpaired) electrons. The van der Waals surface area contributed by atoms with Crippen molar-refractivity contribution in [3.8, 4) is 0 Å². The van der Waals surface area contributed by atoms with Crippen LogP contribution in [0.4, 0.5) is 0 Å². The Morgan fingerprint density at radius 2 is 1.03 bits per heavy atom. The van der Waals surface area contributed by atoms with E-state index < -0.39 is 74.1 Å². The third-order valence-corrected chi connectivity index (χ3v) is 7.67. The molecule has 2 unspecified atom stereocenters. The fraction of sp³-hybridized carbons (Fsp3) is 0.500. The Kier molecular flexibility index (Phi) is 36.5. The minimum absolute atomic E-state index is 0. The summed E-state index contributed by atoms with van der Waals surface area (Å²) >= 11 is 4.24. The fourth-order valence-electron chi connectivity index (χ4n) is 4.97. The molecule has 334 valence electrons. The van der Waals surface area contributed by atoms with E-state index >= 15 is 0 Å². The Labute approximate surface area is 383 Å². The molecule has 0 heterocycles. The smallest absolute Gasteiger partial charge is 0.323 e. The summed E-state index contributed by atoms with van der Waals surface area (Å²) < 4.78 is 10.9. The number of carboxylic acids is 6. The number of hydrogen-bond acceptors (Lipinski definition) is 14. The van der Waals surface area contributed by atoms with Crippen LogP contribution >= 0.6 is 61.2 Å². The van der Waals surface area contributed by atoms with Crippen LogP contribution in [0.15, 0.2) is 60.7 Å². The highest BCUT2D eigenvalue weighted by atomic mass is 128. The van der Waals surface area contributed by atoms with Gasteiger partial charge in [-0.25, -0.2) is 0 Å². The molecule has 0 spiro atoms. The summed E-state index contributed by atoms with van der Waals surface area (Å²) in [7, 11) is 0. The number of ether oxygens (including phenoxy) is 2. The van der Waals surface area contributed by atoms with Gasteiger partial charge in [-0.15, -0.1) is 24.0 Å². The van der Waals surface area contributed by atoms with Crippen molar-refractivity contribution in [2.75, 3.05) is 91.8 Å². The highest BCUT2D eigenvalue weighted by molar-refractivity contribution is 15.0. The Morgan fingerprint density at radius 3 is 1.47 bits per heavy atom. The van der Waals surface area contributed by atoms with E-state index in [1.807, 2.05) is 36.4 Å². The SMILES string of the molecule is I.II.NCCNCCNC(COCc1ccccc1)C(=O)O.O=C(O)CN(CCN(CC(=O)O)CC(=O)O)CCN(CC(=O)O)C(COCc1ccccc1)C(=O)O. The molecule has 0 saturated carbocycles. The average molecular weight is 1180 g/mol. The molecule has 0 amide bonds. The lowest BCUT2D eigenvalue weighted by Gasteiger charge is -2.30. The van der Waals surface area contributed by atoms with Gasteiger partial charge in [-0.2, -0.15) is 0 Å². The fourth-order valence-corrected chi connectivity index (χ4v) is 4.97. The maximum absolute atomic E-state index is 11.9. The van der Waals surface area contributed by atoms with E-state index in [2.05, 4.69) is 47.9 Å². The number of rotatable bonds is 31. The molecule has 23 heteroatoms. The van der Waals surface area contributed by atoms with Crippen LogP contribution in [0.1, 0.15) is 11.1 Å². The molecule has 0 aliphatic heterocycles. The molecule has 0 saturated heterocycles. The van der Waals surface area contributed by atoms with Crippen LogP contribution in [0.25, 0.3) is 0 Å². The monoisotopic (exact) mass is 1180 g/mol. The molecule has 0 aliphatic carbocycles. The number of nitrogens with zero attached hydrogens (tertiary/aromatic N) is 3. The average Bonchev–Trinajstić information content (AvgIpc) is 3.17. The summed E-state index contributed by atoms with van der Waals surface area (Å²) in [4.78, 5) is 71.1.